The predicted octanol–water partition coefficient (Wildman–Crippen LogP) is 2.29. The lowest BCUT2D eigenvalue weighted by atomic mass is 10.1. The maximum atomic E-state index is 14.0. The molecule has 0 aliphatic carbocycles. The quantitative estimate of drug-likeness (QED) is 0.887. The molecule has 0 saturated carbocycles. The van der Waals surface area contributed by atoms with E-state index in [9.17, 15) is 9.18 Å². The molecule has 1 aromatic heterocycles. The number of halogens is 1. The summed E-state index contributed by atoms with van der Waals surface area (Å²) >= 11 is 1.12. The topological polar surface area (TPSA) is 76.7 Å². The van der Waals surface area contributed by atoms with Gasteiger partial charge in [0.25, 0.3) is 0 Å². The lowest BCUT2D eigenvalue weighted by Gasteiger charge is -2.12. The number of nitrogens with two attached hydrogens (primary N) is 1. The van der Waals surface area contributed by atoms with Gasteiger partial charge in [0.2, 0.25) is 0 Å². The summed E-state index contributed by atoms with van der Waals surface area (Å²) in [5.74, 6) is -0.358. The average molecular weight is 296 g/mol. The number of rotatable bonds is 5. The van der Waals surface area contributed by atoms with Crippen molar-refractivity contribution in [2.75, 3.05) is 0 Å². The largest absolute Gasteiger partial charge is 0.343 e. The first-order chi connectivity index (χ1) is 9.54. The van der Waals surface area contributed by atoms with Gasteiger partial charge < -0.3 is 5.73 Å². The molecular weight excluding hydrogens is 279 g/mol. The number of nitrogens with zero attached hydrogens (tertiary/aromatic N) is 2. The molecule has 0 saturated heterocycles. The molecule has 1 unspecified atom stereocenters. The van der Waals surface area contributed by atoms with Gasteiger partial charge in [-0.05, 0) is 36.7 Å². The molecule has 0 radical (unpaired) electrons. The van der Waals surface area contributed by atoms with E-state index < -0.39 is 0 Å². The van der Waals surface area contributed by atoms with Crippen LogP contribution in [0.15, 0.2) is 33.0 Å². The van der Waals surface area contributed by atoms with Crippen LogP contribution >= 0.6 is 11.8 Å². The van der Waals surface area contributed by atoms with Crippen LogP contribution in [0.3, 0.4) is 0 Å². The summed E-state index contributed by atoms with van der Waals surface area (Å²) < 4.78 is 15.5. The summed E-state index contributed by atoms with van der Waals surface area (Å²) in [4.78, 5) is 12.1. The average Bonchev–Trinajstić information content (AvgIpc) is 2.74. The van der Waals surface area contributed by atoms with Gasteiger partial charge in [0.05, 0.1) is 4.90 Å². The standard InChI is InChI=1S/C13H17FN4OS/c1-3-7-18-12(19)16-17-13(18)20-11-9(8(2)15)5-4-6-10(11)14/h4-6,8H,3,7,15H2,1-2H3,(H,16,19). The van der Waals surface area contributed by atoms with Crippen LogP contribution in [0.1, 0.15) is 31.9 Å². The second-order valence-corrected chi connectivity index (χ2v) is 5.49. The third kappa shape index (κ3) is 2.94. The Bertz CT molecular complexity index is 650. The summed E-state index contributed by atoms with van der Waals surface area (Å²) in [5, 5.41) is 6.79. The van der Waals surface area contributed by atoms with Crippen molar-refractivity contribution < 1.29 is 4.39 Å². The van der Waals surface area contributed by atoms with Crippen LogP contribution in [-0.4, -0.2) is 14.8 Å². The van der Waals surface area contributed by atoms with Crippen LogP contribution in [0.5, 0.6) is 0 Å². The first kappa shape index (κ1) is 14.8. The fourth-order valence-corrected chi connectivity index (χ4v) is 2.98. The van der Waals surface area contributed by atoms with E-state index >= 15 is 0 Å². The van der Waals surface area contributed by atoms with E-state index in [0.29, 0.717) is 22.2 Å². The fraction of sp³-hybridized carbons (Fsp3) is 0.385. The van der Waals surface area contributed by atoms with E-state index in [-0.39, 0.29) is 17.5 Å². The lowest BCUT2D eigenvalue weighted by Crippen LogP contribution is -2.17. The van der Waals surface area contributed by atoms with E-state index in [0.717, 1.165) is 18.2 Å². The molecule has 20 heavy (non-hydrogen) atoms. The normalized spacial score (nSPS) is 12.6. The summed E-state index contributed by atoms with van der Waals surface area (Å²) in [6.45, 7) is 4.30. The molecule has 0 amide bonds. The van der Waals surface area contributed by atoms with Gasteiger partial charge in [-0.1, -0.05) is 19.1 Å². The zero-order chi connectivity index (χ0) is 14.7. The van der Waals surface area contributed by atoms with Gasteiger partial charge in [0, 0.05) is 12.6 Å². The number of benzene rings is 1. The highest BCUT2D eigenvalue weighted by Crippen LogP contribution is 2.33. The molecule has 7 heteroatoms. The first-order valence-corrected chi connectivity index (χ1v) is 7.23. The van der Waals surface area contributed by atoms with Gasteiger partial charge in [-0.25, -0.2) is 14.3 Å². The summed E-state index contributed by atoms with van der Waals surface area (Å²) in [7, 11) is 0. The Labute approximate surface area is 120 Å². The van der Waals surface area contributed by atoms with Crippen molar-refractivity contribution >= 4 is 11.8 Å². The molecule has 2 rings (SSSR count). The van der Waals surface area contributed by atoms with Gasteiger partial charge in [-0.15, -0.1) is 5.10 Å². The van der Waals surface area contributed by atoms with Crippen molar-refractivity contribution in [3.8, 4) is 0 Å². The Morgan fingerprint density at radius 2 is 2.30 bits per heavy atom. The first-order valence-electron chi connectivity index (χ1n) is 6.41. The van der Waals surface area contributed by atoms with Gasteiger partial charge in [0.1, 0.15) is 5.82 Å². The van der Waals surface area contributed by atoms with Crippen molar-refractivity contribution in [2.24, 2.45) is 5.73 Å². The van der Waals surface area contributed by atoms with Crippen LogP contribution in [0.4, 0.5) is 4.39 Å². The van der Waals surface area contributed by atoms with Crippen molar-refractivity contribution in [3.05, 3.63) is 40.1 Å². The number of aromatic amines is 1. The minimum Gasteiger partial charge on any atom is -0.324 e. The number of hydrogen-bond acceptors (Lipinski definition) is 4. The highest BCUT2D eigenvalue weighted by atomic mass is 32.2. The summed E-state index contributed by atoms with van der Waals surface area (Å²) in [5.41, 5.74) is 6.28. The van der Waals surface area contributed by atoms with E-state index in [1.165, 1.54) is 10.6 Å². The SMILES string of the molecule is CCCn1c(Sc2c(F)cccc2C(C)N)n[nH]c1=O. The second-order valence-electron chi connectivity index (χ2n) is 4.51. The molecule has 1 atom stereocenters. The smallest absolute Gasteiger partial charge is 0.324 e. The second kappa shape index (κ2) is 6.23. The summed E-state index contributed by atoms with van der Waals surface area (Å²) in [6.07, 6.45) is 0.796. The highest BCUT2D eigenvalue weighted by Gasteiger charge is 2.17. The molecule has 0 fully saturated rings. The van der Waals surface area contributed by atoms with Crippen molar-refractivity contribution in [1.82, 2.24) is 14.8 Å². The van der Waals surface area contributed by atoms with Crippen molar-refractivity contribution in [2.45, 2.75) is 42.9 Å². The molecular formula is C13H17FN4OS. The van der Waals surface area contributed by atoms with Crippen LogP contribution in [0.2, 0.25) is 0 Å². The van der Waals surface area contributed by atoms with Crippen molar-refractivity contribution in [1.29, 1.82) is 0 Å². The van der Waals surface area contributed by atoms with Crippen LogP contribution in [0.25, 0.3) is 0 Å². The fourth-order valence-electron chi connectivity index (χ4n) is 1.88. The predicted molar refractivity (Wildman–Crippen MR) is 76.3 cm³/mol. The van der Waals surface area contributed by atoms with E-state index in [1.807, 2.05) is 6.92 Å². The van der Waals surface area contributed by atoms with Gasteiger partial charge in [0.15, 0.2) is 5.16 Å². The number of hydrogen-bond donors (Lipinski definition) is 2. The number of H-pyrrole nitrogens is 1. The van der Waals surface area contributed by atoms with E-state index in [1.54, 1.807) is 19.1 Å². The maximum absolute atomic E-state index is 14.0. The van der Waals surface area contributed by atoms with Crippen molar-refractivity contribution in [3.63, 3.8) is 0 Å². The highest BCUT2D eigenvalue weighted by molar-refractivity contribution is 7.99. The molecule has 0 spiro atoms. The Balaban J connectivity index is 2.42. The minimum atomic E-state index is -0.358. The molecule has 0 aliphatic heterocycles. The van der Waals surface area contributed by atoms with E-state index in [4.69, 9.17) is 5.73 Å². The molecule has 1 heterocycles. The molecule has 0 aliphatic rings. The molecule has 3 N–H and O–H groups in total. The Hall–Kier alpha value is -1.60. The van der Waals surface area contributed by atoms with E-state index in [2.05, 4.69) is 10.2 Å². The molecule has 5 nitrogen and oxygen atoms in total. The third-order valence-electron chi connectivity index (χ3n) is 2.85. The van der Waals surface area contributed by atoms with Crippen LogP contribution in [0, 0.1) is 5.82 Å². The third-order valence-corrected chi connectivity index (χ3v) is 3.98. The number of nitrogens with one attached hydrogen (secondary N) is 1. The monoisotopic (exact) mass is 296 g/mol. The minimum absolute atomic E-state index is 0.284. The van der Waals surface area contributed by atoms with Crippen LogP contribution < -0.4 is 11.4 Å². The zero-order valence-electron chi connectivity index (χ0n) is 11.4. The Kier molecular flexibility index (Phi) is 4.61. The lowest BCUT2D eigenvalue weighted by molar-refractivity contribution is 0.585. The molecule has 1 aromatic carbocycles. The van der Waals surface area contributed by atoms with Gasteiger partial charge in [-0.2, -0.15) is 0 Å². The molecule has 108 valence electrons. The Morgan fingerprint density at radius 3 is 2.95 bits per heavy atom. The maximum Gasteiger partial charge on any atom is 0.343 e. The van der Waals surface area contributed by atoms with Gasteiger partial charge in [-0.3, -0.25) is 4.57 Å². The van der Waals surface area contributed by atoms with Gasteiger partial charge >= 0.3 is 5.69 Å². The summed E-state index contributed by atoms with van der Waals surface area (Å²) in [6, 6.07) is 4.49. The Morgan fingerprint density at radius 1 is 1.55 bits per heavy atom. The van der Waals surface area contributed by atoms with Crippen LogP contribution in [-0.2, 0) is 6.54 Å². The zero-order valence-corrected chi connectivity index (χ0v) is 12.2. The molecule has 2 aromatic rings. The molecule has 0 bridgehead atoms. The number of aromatic nitrogens is 3.